The summed E-state index contributed by atoms with van der Waals surface area (Å²) in [6.07, 6.45) is 1.22. The Morgan fingerprint density at radius 2 is 2.36 bits per heavy atom. The minimum Gasteiger partial charge on any atom is -0.496 e. The smallest absolute Gasteiger partial charge is 0.123 e. The van der Waals surface area contributed by atoms with Gasteiger partial charge in [0.25, 0.3) is 0 Å². The summed E-state index contributed by atoms with van der Waals surface area (Å²) in [5, 5.41) is 3.37. The van der Waals surface area contributed by atoms with Gasteiger partial charge in [-0.3, -0.25) is 0 Å². The number of alkyl halides is 1. The summed E-state index contributed by atoms with van der Waals surface area (Å²) in [6, 6.07) is 6.74. The van der Waals surface area contributed by atoms with Crippen molar-refractivity contribution in [1.29, 1.82) is 0 Å². The van der Waals surface area contributed by atoms with E-state index in [1.54, 1.807) is 7.11 Å². The molecule has 0 aliphatic carbocycles. The van der Waals surface area contributed by atoms with Crippen molar-refractivity contribution in [1.82, 2.24) is 5.32 Å². The predicted molar refractivity (Wildman–Crippen MR) is 57.9 cm³/mol. The Kier molecular flexibility index (Phi) is 2.94. The first-order chi connectivity index (χ1) is 6.85. The van der Waals surface area contributed by atoms with E-state index in [0.717, 1.165) is 17.9 Å². The van der Waals surface area contributed by atoms with E-state index >= 15 is 0 Å². The Hall–Kier alpha value is -0.730. The lowest BCUT2D eigenvalue weighted by molar-refractivity contribution is 0.381. The van der Waals surface area contributed by atoms with Crippen LogP contribution in [0.5, 0.6) is 5.75 Å². The fraction of sp³-hybridized carbons (Fsp3) is 0.455. The highest BCUT2D eigenvalue weighted by Gasteiger charge is 2.19. The molecule has 1 saturated heterocycles. The van der Waals surface area contributed by atoms with E-state index < -0.39 is 0 Å². The van der Waals surface area contributed by atoms with Crippen molar-refractivity contribution in [2.45, 2.75) is 18.3 Å². The topological polar surface area (TPSA) is 21.3 Å². The maximum Gasteiger partial charge on any atom is 0.123 e. The van der Waals surface area contributed by atoms with E-state index in [2.05, 4.69) is 17.4 Å². The lowest BCUT2D eigenvalue weighted by Gasteiger charge is -2.28. The Morgan fingerprint density at radius 3 is 2.86 bits per heavy atom. The second-order valence-electron chi connectivity index (χ2n) is 3.50. The zero-order valence-corrected chi connectivity index (χ0v) is 8.97. The average Bonchev–Trinajstić information content (AvgIpc) is 2.15. The highest BCUT2D eigenvalue weighted by atomic mass is 35.5. The zero-order valence-electron chi connectivity index (χ0n) is 8.22. The molecule has 14 heavy (non-hydrogen) atoms. The summed E-state index contributed by atoms with van der Waals surface area (Å²) in [5.74, 6) is 1.38. The number of rotatable bonds is 3. The highest BCUT2D eigenvalue weighted by molar-refractivity contribution is 6.17. The molecule has 0 radical (unpaired) electrons. The van der Waals surface area contributed by atoms with Crippen LogP contribution in [0.3, 0.4) is 0 Å². The Balaban J connectivity index is 2.26. The summed E-state index contributed by atoms with van der Waals surface area (Å²) >= 11 is 5.85. The molecule has 1 aromatic rings. The third kappa shape index (κ3) is 1.72. The van der Waals surface area contributed by atoms with Gasteiger partial charge in [0.1, 0.15) is 5.75 Å². The average molecular weight is 212 g/mol. The molecule has 0 unspecified atom stereocenters. The SMILES string of the molecule is COc1ccc([C@H]2CCN2)cc1CCl. The number of methoxy groups -OCH3 is 1. The molecule has 2 rings (SSSR count). The third-order valence-electron chi connectivity index (χ3n) is 2.67. The number of benzene rings is 1. The van der Waals surface area contributed by atoms with Crippen LogP contribution in [0.15, 0.2) is 18.2 Å². The van der Waals surface area contributed by atoms with Crippen molar-refractivity contribution in [3.8, 4) is 5.75 Å². The third-order valence-corrected chi connectivity index (χ3v) is 2.96. The lowest BCUT2D eigenvalue weighted by atomic mass is 9.96. The molecular weight excluding hydrogens is 198 g/mol. The van der Waals surface area contributed by atoms with Crippen molar-refractivity contribution in [3.63, 3.8) is 0 Å². The first-order valence-electron chi connectivity index (χ1n) is 4.81. The maximum atomic E-state index is 5.85. The molecule has 1 aliphatic rings. The van der Waals surface area contributed by atoms with E-state index in [0.29, 0.717) is 11.9 Å². The molecule has 0 amide bonds. The van der Waals surface area contributed by atoms with Gasteiger partial charge in [-0.05, 0) is 30.7 Å². The summed E-state index contributed by atoms with van der Waals surface area (Å²) in [4.78, 5) is 0. The number of hydrogen-bond donors (Lipinski definition) is 1. The van der Waals surface area contributed by atoms with E-state index in [9.17, 15) is 0 Å². The van der Waals surface area contributed by atoms with Crippen molar-refractivity contribution >= 4 is 11.6 Å². The van der Waals surface area contributed by atoms with Gasteiger partial charge < -0.3 is 10.1 Å². The normalized spacial score (nSPS) is 20.3. The molecular formula is C11H14ClNO. The summed E-state index contributed by atoms with van der Waals surface area (Å²) in [6.45, 7) is 1.12. The van der Waals surface area contributed by atoms with E-state index in [1.807, 2.05) is 6.07 Å². The summed E-state index contributed by atoms with van der Waals surface area (Å²) < 4.78 is 5.22. The van der Waals surface area contributed by atoms with Crippen molar-refractivity contribution in [2.75, 3.05) is 13.7 Å². The molecule has 1 N–H and O–H groups in total. The summed E-state index contributed by atoms with van der Waals surface area (Å²) in [7, 11) is 1.67. The second kappa shape index (κ2) is 4.20. The van der Waals surface area contributed by atoms with Gasteiger partial charge in [-0.1, -0.05) is 6.07 Å². The van der Waals surface area contributed by atoms with Crippen LogP contribution in [0.1, 0.15) is 23.6 Å². The summed E-state index contributed by atoms with van der Waals surface area (Å²) in [5.41, 5.74) is 2.38. The Labute approximate surface area is 89.2 Å². The molecule has 0 aromatic heterocycles. The molecule has 2 nitrogen and oxygen atoms in total. The standard InChI is InChI=1S/C11H14ClNO/c1-14-11-3-2-8(6-9(11)7-12)10-4-5-13-10/h2-3,6,10,13H,4-5,7H2,1H3/t10-/m1/s1. The minimum absolute atomic E-state index is 0.504. The van der Waals surface area contributed by atoms with Crippen molar-refractivity contribution < 1.29 is 4.74 Å². The molecule has 1 atom stereocenters. The molecule has 1 heterocycles. The van der Waals surface area contributed by atoms with Crippen LogP contribution in [-0.4, -0.2) is 13.7 Å². The van der Waals surface area contributed by atoms with Crippen LogP contribution in [0, 0.1) is 0 Å². The van der Waals surface area contributed by atoms with Crippen LogP contribution in [0.25, 0.3) is 0 Å². The first-order valence-corrected chi connectivity index (χ1v) is 5.34. The predicted octanol–water partition coefficient (Wildman–Crippen LogP) is 2.47. The molecule has 0 bridgehead atoms. The van der Waals surface area contributed by atoms with Crippen LogP contribution >= 0.6 is 11.6 Å². The fourth-order valence-corrected chi connectivity index (χ4v) is 1.90. The van der Waals surface area contributed by atoms with Gasteiger partial charge in [-0.2, -0.15) is 0 Å². The van der Waals surface area contributed by atoms with Gasteiger partial charge in [-0.25, -0.2) is 0 Å². The second-order valence-corrected chi connectivity index (χ2v) is 3.77. The van der Waals surface area contributed by atoms with Gasteiger partial charge in [-0.15, -0.1) is 11.6 Å². The molecule has 3 heteroatoms. The van der Waals surface area contributed by atoms with Gasteiger partial charge >= 0.3 is 0 Å². The Morgan fingerprint density at radius 1 is 1.57 bits per heavy atom. The first kappa shape index (κ1) is 9.81. The van der Waals surface area contributed by atoms with E-state index in [1.165, 1.54) is 12.0 Å². The Bertz CT molecular complexity index is 323. The zero-order chi connectivity index (χ0) is 9.97. The number of hydrogen-bond acceptors (Lipinski definition) is 2. The van der Waals surface area contributed by atoms with Gasteiger partial charge in [0.2, 0.25) is 0 Å². The molecule has 0 spiro atoms. The van der Waals surface area contributed by atoms with Crippen LogP contribution in [0.4, 0.5) is 0 Å². The van der Waals surface area contributed by atoms with E-state index in [-0.39, 0.29) is 0 Å². The molecule has 1 aliphatic heterocycles. The van der Waals surface area contributed by atoms with Crippen LogP contribution in [-0.2, 0) is 5.88 Å². The quantitative estimate of drug-likeness (QED) is 0.776. The van der Waals surface area contributed by atoms with Gasteiger partial charge in [0.15, 0.2) is 0 Å². The van der Waals surface area contributed by atoms with Gasteiger partial charge in [0.05, 0.1) is 13.0 Å². The largest absolute Gasteiger partial charge is 0.496 e. The minimum atomic E-state index is 0.504. The van der Waals surface area contributed by atoms with E-state index in [4.69, 9.17) is 16.3 Å². The van der Waals surface area contributed by atoms with Crippen LogP contribution < -0.4 is 10.1 Å². The highest BCUT2D eigenvalue weighted by Crippen LogP contribution is 2.28. The molecule has 1 aromatic carbocycles. The number of ether oxygens (including phenoxy) is 1. The van der Waals surface area contributed by atoms with Crippen molar-refractivity contribution in [3.05, 3.63) is 29.3 Å². The molecule has 76 valence electrons. The van der Waals surface area contributed by atoms with Gasteiger partial charge in [0, 0.05) is 11.6 Å². The van der Waals surface area contributed by atoms with Crippen molar-refractivity contribution in [2.24, 2.45) is 0 Å². The molecule has 0 saturated carbocycles. The fourth-order valence-electron chi connectivity index (χ4n) is 1.69. The number of nitrogens with one attached hydrogen (secondary N) is 1. The lowest BCUT2D eigenvalue weighted by Crippen LogP contribution is -2.34. The monoisotopic (exact) mass is 211 g/mol. The molecule has 1 fully saturated rings. The number of halogens is 1. The maximum absolute atomic E-state index is 5.85. The van der Waals surface area contributed by atoms with Crippen LogP contribution in [0.2, 0.25) is 0 Å².